The minimum atomic E-state index is -0.436. The van der Waals surface area contributed by atoms with E-state index in [-0.39, 0.29) is 17.1 Å². The molecule has 1 atom stereocenters. The van der Waals surface area contributed by atoms with Crippen LogP contribution in [0.5, 0.6) is 0 Å². The van der Waals surface area contributed by atoms with Crippen LogP contribution in [0.3, 0.4) is 0 Å². The van der Waals surface area contributed by atoms with Crippen LogP contribution in [-0.4, -0.2) is 50.2 Å². The number of hydrogen-bond donors (Lipinski definition) is 1. The molecular formula is C23H22BrN2O4+. The van der Waals surface area contributed by atoms with E-state index in [1.165, 1.54) is 4.90 Å². The number of quaternary nitrogens is 1. The third kappa shape index (κ3) is 3.37. The number of nitrogens with zero attached hydrogens (tertiary/aromatic N) is 1. The highest BCUT2D eigenvalue weighted by atomic mass is 79.9. The van der Waals surface area contributed by atoms with Gasteiger partial charge < -0.3 is 19.0 Å². The monoisotopic (exact) mass is 469 g/mol. The normalized spacial score (nSPS) is 19.4. The fourth-order valence-corrected chi connectivity index (χ4v) is 4.75. The van der Waals surface area contributed by atoms with Crippen LogP contribution in [0.2, 0.25) is 0 Å². The van der Waals surface area contributed by atoms with E-state index < -0.39 is 6.04 Å². The molecule has 1 fully saturated rings. The van der Waals surface area contributed by atoms with Gasteiger partial charge in [0.1, 0.15) is 18.7 Å². The lowest BCUT2D eigenvalue weighted by Gasteiger charge is -2.29. The second-order valence-corrected chi connectivity index (χ2v) is 8.65. The summed E-state index contributed by atoms with van der Waals surface area (Å²) < 4.78 is 12.2. The minimum absolute atomic E-state index is 0.143. The van der Waals surface area contributed by atoms with Crippen molar-refractivity contribution in [1.82, 2.24) is 4.90 Å². The van der Waals surface area contributed by atoms with Crippen LogP contribution in [0.4, 0.5) is 0 Å². The lowest BCUT2D eigenvalue weighted by Crippen LogP contribution is -3.14. The zero-order valence-electron chi connectivity index (χ0n) is 16.4. The molecule has 1 saturated heterocycles. The van der Waals surface area contributed by atoms with Gasteiger partial charge in [0.25, 0.3) is 5.91 Å². The van der Waals surface area contributed by atoms with Crippen LogP contribution in [0.25, 0.3) is 11.0 Å². The third-order valence-corrected chi connectivity index (χ3v) is 6.44. The Morgan fingerprint density at radius 3 is 2.60 bits per heavy atom. The summed E-state index contributed by atoms with van der Waals surface area (Å²) >= 11 is 3.43. The molecule has 0 radical (unpaired) electrons. The van der Waals surface area contributed by atoms with Crippen LogP contribution < -0.4 is 10.3 Å². The van der Waals surface area contributed by atoms with Gasteiger partial charge in [0.15, 0.2) is 5.43 Å². The minimum Gasteiger partial charge on any atom is -0.450 e. The van der Waals surface area contributed by atoms with E-state index in [4.69, 9.17) is 9.15 Å². The summed E-state index contributed by atoms with van der Waals surface area (Å²) in [6.45, 7) is 4.71. The maximum atomic E-state index is 13.5. The zero-order valence-corrected chi connectivity index (χ0v) is 18.0. The first kappa shape index (κ1) is 19.5. The molecule has 6 nitrogen and oxygen atoms in total. The number of fused-ring (bicyclic) bond motifs is 2. The summed E-state index contributed by atoms with van der Waals surface area (Å²) in [5.74, 6) is -0.0471. The van der Waals surface area contributed by atoms with Gasteiger partial charge in [-0.2, -0.15) is 0 Å². The Hall–Kier alpha value is -2.48. The molecule has 5 rings (SSSR count). The number of amides is 1. The first-order valence-electron chi connectivity index (χ1n) is 10.2. The van der Waals surface area contributed by atoms with Crippen LogP contribution in [0.15, 0.2) is 62.2 Å². The van der Waals surface area contributed by atoms with Gasteiger partial charge in [-0.15, -0.1) is 0 Å². The molecule has 154 valence electrons. The number of nitrogens with one attached hydrogen (secondary N) is 1. The fraction of sp³-hybridized carbons (Fsp3) is 0.304. The largest absolute Gasteiger partial charge is 0.450 e. The topological polar surface area (TPSA) is 64.2 Å². The molecule has 2 aromatic carbocycles. The zero-order chi connectivity index (χ0) is 20.7. The Kier molecular flexibility index (Phi) is 5.18. The van der Waals surface area contributed by atoms with Gasteiger partial charge in [-0.1, -0.05) is 46.3 Å². The van der Waals surface area contributed by atoms with E-state index in [1.54, 1.807) is 17.0 Å². The van der Waals surface area contributed by atoms with Gasteiger partial charge in [-0.25, -0.2) is 0 Å². The molecule has 2 aliphatic heterocycles. The van der Waals surface area contributed by atoms with Gasteiger partial charge in [0.2, 0.25) is 5.76 Å². The number of rotatable bonds is 4. The Morgan fingerprint density at radius 1 is 1.07 bits per heavy atom. The molecule has 0 unspecified atom stereocenters. The number of morpholine rings is 1. The van der Waals surface area contributed by atoms with E-state index in [9.17, 15) is 9.59 Å². The molecule has 0 saturated carbocycles. The lowest BCUT2D eigenvalue weighted by molar-refractivity contribution is -0.907. The van der Waals surface area contributed by atoms with E-state index in [2.05, 4.69) is 15.9 Å². The smallest absolute Gasteiger partial charge is 0.291 e. The fourth-order valence-electron chi connectivity index (χ4n) is 4.39. The summed E-state index contributed by atoms with van der Waals surface area (Å²) in [7, 11) is 0. The molecule has 7 heteroatoms. The number of carbonyl (C=O) groups is 1. The summed E-state index contributed by atoms with van der Waals surface area (Å²) in [5, 5.41) is 0.484. The third-order valence-electron chi connectivity index (χ3n) is 5.95. The molecule has 1 aromatic heterocycles. The number of benzene rings is 2. The van der Waals surface area contributed by atoms with E-state index in [0.717, 1.165) is 42.9 Å². The van der Waals surface area contributed by atoms with E-state index in [1.807, 2.05) is 36.4 Å². The van der Waals surface area contributed by atoms with Gasteiger partial charge in [-0.3, -0.25) is 9.59 Å². The average molecular weight is 470 g/mol. The summed E-state index contributed by atoms with van der Waals surface area (Å²) in [6.07, 6.45) is 0. The second kappa shape index (κ2) is 7.98. The predicted molar refractivity (Wildman–Crippen MR) is 116 cm³/mol. The van der Waals surface area contributed by atoms with Crippen molar-refractivity contribution >= 4 is 32.8 Å². The Morgan fingerprint density at radius 2 is 1.83 bits per heavy atom. The molecule has 30 heavy (non-hydrogen) atoms. The molecule has 0 aliphatic carbocycles. The summed E-state index contributed by atoms with van der Waals surface area (Å²) in [5.41, 5.74) is 1.65. The van der Waals surface area contributed by atoms with Crippen LogP contribution >= 0.6 is 15.9 Å². The molecule has 3 aromatic rings. The molecular weight excluding hydrogens is 448 g/mol. The lowest BCUT2D eigenvalue weighted by atomic mass is 9.98. The van der Waals surface area contributed by atoms with Crippen LogP contribution in [0.1, 0.15) is 27.7 Å². The highest BCUT2D eigenvalue weighted by Gasteiger charge is 2.43. The Balaban J connectivity index is 1.60. The van der Waals surface area contributed by atoms with Gasteiger partial charge in [0, 0.05) is 4.47 Å². The van der Waals surface area contributed by atoms with Crippen molar-refractivity contribution in [3.05, 3.63) is 80.1 Å². The van der Waals surface area contributed by atoms with E-state index >= 15 is 0 Å². The van der Waals surface area contributed by atoms with Crippen molar-refractivity contribution in [2.75, 3.05) is 39.4 Å². The number of carbonyl (C=O) groups excluding carboxylic acids is 1. The molecule has 3 heterocycles. The van der Waals surface area contributed by atoms with Crippen LogP contribution in [-0.2, 0) is 4.74 Å². The quantitative estimate of drug-likeness (QED) is 0.634. The molecule has 1 N–H and O–H groups in total. The second-order valence-electron chi connectivity index (χ2n) is 7.74. The first-order valence-corrected chi connectivity index (χ1v) is 11.0. The van der Waals surface area contributed by atoms with Crippen molar-refractivity contribution in [2.45, 2.75) is 6.04 Å². The SMILES string of the molecule is O=C1c2oc3ccc(Br)cc3c(=O)c2[C@H](c2ccccc2)N1CC[NH+]1CCOCC1. The maximum Gasteiger partial charge on any atom is 0.291 e. The van der Waals surface area contributed by atoms with Gasteiger partial charge in [0.05, 0.1) is 43.3 Å². The van der Waals surface area contributed by atoms with Gasteiger partial charge >= 0.3 is 0 Å². The molecule has 2 aliphatic rings. The van der Waals surface area contributed by atoms with Crippen molar-refractivity contribution in [1.29, 1.82) is 0 Å². The standard InChI is InChI=1S/C23H21BrN2O4/c24-16-6-7-18-17(14-16)21(27)19-20(15-4-2-1-3-5-15)26(23(28)22(19)30-18)9-8-25-10-12-29-13-11-25/h1-7,14,20H,8-13H2/p+1/t20-/m0/s1. The number of ether oxygens (including phenoxy) is 1. The number of halogens is 1. The molecule has 0 bridgehead atoms. The molecule has 0 spiro atoms. The predicted octanol–water partition coefficient (Wildman–Crippen LogP) is 2.02. The van der Waals surface area contributed by atoms with Crippen molar-refractivity contribution in [3.63, 3.8) is 0 Å². The Labute approximate surface area is 182 Å². The maximum absolute atomic E-state index is 13.5. The summed E-state index contributed by atoms with van der Waals surface area (Å²) in [6, 6.07) is 14.6. The average Bonchev–Trinajstić information content (AvgIpc) is 3.06. The van der Waals surface area contributed by atoms with E-state index in [0.29, 0.717) is 23.1 Å². The first-order chi connectivity index (χ1) is 14.6. The van der Waals surface area contributed by atoms with Crippen molar-refractivity contribution in [3.8, 4) is 0 Å². The van der Waals surface area contributed by atoms with Crippen molar-refractivity contribution in [2.24, 2.45) is 0 Å². The Bertz CT molecular complexity index is 1160. The highest BCUT2D eigenvalue weighted by Crippen LogP contribution is 2.37. The molecule has 1 amide bonds. The van der Waals surface area contributed by atoms with Gasteiger partial charge in [-0.05, 0) is 23.8 Å². The van der Waals surface area contributed by atoms with Crippen molar-refractivity contribution < 1.29 is 18.8 Å². The highest BCUT2D eigenvalue weighted by molar-refractivity contribution is 9.10. The van der Waals surface area contributed by atoms with Crippen LogP contribution in [0, 0.1) is 0 Å². The number of hydrogen-bond acceptors (Lipinski definition) is 4. The summed E-state index contributed by atoms with van der Waals surface area (Å²) in [4.78, 5) is 30.0.